The first-order valence-electron chi connectivity index (χ1n) is 6.88. The smallest absolute Gasteiger partial charge is 0.310 e. The first kappa shape index (κ1) is 14.8. The van der Waals surface area contributed by atoms with Crippen LogP contribution in [0.25, 0.3) is 0 Å². The van der Waals surface area contributed by atoms with Gasteiger partial charge in [0.25, 0.3) is 0 Å². The van der Waals surface area contributed by atoms with Gasteiger partial charge in [-0.25, -0.2) is 4.39 Å². The molecule has 0 amide bonds. The van der Waals surface area contributed by atoms with Crippen LogP contribution in [0.3, 0.4) is 0 Å². The van der Waals surface area contributed by atoms with E-state index in [-0.39, 0.29) is 35.6 Å². The molecule has 0 bridgehead atoms. The highest BCUT2D eigenvalue weighted by atomic mass is 19.1. The number of hydrogen-bond donors (Lipinski definition) is 0. The minimum Gasteiger partial charge on any atom is -0.461 e. The van der Waals surface area contributed by atoms with Crippen LogP contribution in [0.15, 0.2) is 35.9 Å². The zero-order valence-corrected chi connectivity index (χ0v) is 12.4. The van der Waals surface area contributed by atoms with Gasteiger partial charge in [-0.1, -0.05) is 37.6 Å². The van der Waals surface area contributed by atoms with Gasteiger partial charge in [-0.3, -0.25) is 4.79 Å². The Bertz CT molecular complexity index is 542. The molecule has 1 aliphatic rings. The van der Waals surface area contributed by atoms with E-state index in [0.717, 1.165) is 0 Å². The predicted octanol–water partition coefficient (Wildman–Crippen LogP) is 4.11. The maximum atomic E-state index is 13.0. The molecular formula is C17H21FO2. The number of hydrogen-bond acceptors (Lipinski definition) is 2. The van der Waals surface area contributed by atoms with Crippen molar-refractivity contribution in [2.45, 2.75) is 34.3 Å². The van der Waals surface area contributed by atoms with Gasteiger partial charge in [0.1, 0.15) is 12.4 Å². The van der Waals surface area contributed by atoms with Crippen molar-refractivity contribution in [1.82, 2.24) is 0 Å². The van der Waals surface area contributed by atoms with E-state index in [0.29, 0.717) is 5.56 Å². The first-order chi connectivity index (χ1) is 9.32. The third-order valence-corrected chi connectivity index (χ3v) is 3.95. The Morgan fingerprint density at radius 2 is 2.10 bits per heavy atom. The molecule has 0 aliphatic heterocycles. The molecule has 0 unspecified atom stereocenters. The Labute approximate surface area is 119 Å². The van der Waals surface area contributed by atoms with Crippen LogP contribution in [0.5, 0.6) is 0 Å². The lowest BCUT2D eigenvalue weighted by molar-refractivity contribution is -0.147. The molecule has 2 rings (SSSR count). The summed E-state index contributed by atoms with van der Waals surface area (Å²) >= 11 is 0. The summed E-state index contributed by atoms with van der Waals surface area (Å²) in [5.74, 6) is -0.354. The summed E-state index contributed by atoms with van der Waals surface area (Å²) in [5, 5.41) is 0. The Morgan fingerprint density at radius 1 is 1.40 bits per heavy atom. The molecule has 2 nitrogen and oxygen atoms in total. The first-order valence-corrected chi connectivity index (χ1v) is 6.88. The lowest BCUT2D eigenvalue weighted by Crippen LogP contribution is -2.10. The molecule has 20 heavy (non-hydrogen) atoms. The fraction of sp³-hybridized carbons (Fsp3) is 0.471. The van der Waals surface area contributed by atoms with Gasteiger partial charge in [0.2, 0.25) is 0 Å². The number of ether oxygens (including phenoxy) is 1. The van der Waals surface area contributed by atoms with Crippen LogP contribution >= 0.6 is 0 Å². The average molecular weight is 276 g/mol. The molecule has 0 radical (unpaired) electrons. The maximum absolute atomic E-state index is 13.0. The van der Waals surface area contributed by atoms with Crippen LogP contribution < -0.4 is 0 Å². The van der Waals surface area contributed by atoms with Crippen LogP contribution in [0.1, 0.15) is 33.3 Å². The Balaban J connectivity index is 1.95. The number of benzene rings is 1. The second-order valence-electron chi connectivity index (χ2n) is 6.31. The van der Waals surface area contributed by atoms with Crippen molar-refractivity contribution >= 4 is 5.97 Å². The lowest BCUT2D eigenvalue weighted by Gasteiger charge is -2.06. The summed E-state index contributed by atoms with van der Waals surface area (Å²) in [6, 6.07) is 6.13. The molecule has 3 heteroatoms. The lowest BCUT2D eigenvalue weighted by atomic mass is 10.1. The summed E-state index contributed by atoms with van der Waals surface area (Å²) < 4.78 is 18.4. The van der Waals surface area contributed by atoms with Crippen molar-refractivity contribution in [3.05, 3.63) is 47.3 Å². The Kier molecular flexibility index (Phi) is 3.98. The van der Waals surface area contributed by atoms with Gasteiger partial charge in [-0.15, -0.1) is 0 Å². The van der Waals surface area contributed by atoms with E-state index >= 15 is 0 Å². The SMILES string of the molecule is CC(C)=C[C@@H]1[C@@H](C(=O)OCc2cccc(F)c2)C1(C)C. The molecule has 1 fully saturated rings. The zero-order chi connectivity index (χ0) is 14.9. The van der Waals surface area contributed by atoms with Crippen LogP contribution in [0, 0.1) is 23.1 Å². The van der Waals surface area contributed by atoms with E-state index in [1.54, 1.807) is 12.1 Å². The molecule has 1 aliphatic carbocycles. The van der Waals surface area contributed by atoms with Crippen molar-refractivity contribution in [2.24, 2.45) is 17.3 Å². The molecular weight excluding hydrogens is 255 g/mol. The quantitative estimate of drug-likeness (QED) is 0.611. The molecule has 2 atom stereocenters. The van der Waals surface area contributed by atoms with E-state index in [9.17, 15) is 9.18 Å². The fourth-order valence-corrected chi connectivity index (χ4v) is 2.67. The minimum atomic E-state index is -0.312. The van der Waals surface area contributed by atoms with Crippen molar-refractivity contribution < 1.29 is 13.9 Å². The van der Waals surface area contributed by atoms with Gasteiger partial charge in [-0.05, 0) is 42.9 Å². The normalized spacial score (nSPS) is 23.1. The standard InChI is InChI=1S/C17H21FO2/c1-11(2)8-14-15(17(14,3)4)16(19)20-10-12-6-5-7-13(18)9-12/h5-9,14-15H,10H2,1-4H3/t14-,15+/m1/s1. The second-order valence-corrected chi connectivity index (χ2v) is 6.31. The predicted molar refractivity (Wildman–Crippen MR) is 76.4 cm³/mol. The van der Waals surface area contributed by atoms with Crippen molar-refractivity contribution in [1.29, 1.82) is 0 Å². The molecule has 1 aromatic carbocycles. The van der Waals surface area contributed by atoms with Crippen LogP contribution in [-0.2, 0) is 16.1 Å². The van der Waals surface area contributed by atoms with E-state index < -0.39 is 0 Å². The van der Waals surface area contributed by atoms with Gasteiger partial charge in [0, 0.05) is 0 Å². The van der Waals surface area contributed by atoms with Gasteiger partial charge in [0.05, 0.1) is 5.92 Å². The summed E-state index contributed by atoms with van der Waals surface area (Å²) in [6.45, 7) is 8.34. The molecule has 0 N–H and O–H groups in total. The third-order valence-electron chi connectivity index (χ3n) is 3.95. The molecule has 1 saturated carbocycles. The van der Waals surface area contributed by atoms with E-state index in [4.69, 9.17) is 4.74 Å². The number of carbonyl (C=O) groups is 1. The maximum Gasteiger partial charge on any atom is 0.310 e. The largest absolute Gasteiger partial charge is 0.461 e. The summed E-state index contributed by atoms with van der Waals surface area (Å²) in [6.07, 6.45) is 2.13. The molecule has 1 aromatic rings. The Morgan fingerprint density at radius 3 is 2.70 bits per heavy atom. The number of halogens is 1. The number of carbonyl (C=O) groups excluding carboxylic acids is 1. The van der Waals surface area contributed by atoms with Gasteiger partial charge >= 0.3 is 5.97 Å². The van der Waals surface area contributed by atoms with Crippen molar-refractivity contribution in [3.8, 4) is 0 Å². The highest BCUT2D eigenvalue weighted by Gasteiger charge is 2.61. The minimum absolute atomic E-state index is 0.0453. The highest BCUT2D eigenvalue weighted by Crippen LogP contribution is 2.59. The summed E-state index contributed by atoms with van der Waals surface area (Å²) in [4.78, 5) is 12.1. The van der Waals surface area contributed by atoms with Gasteiger partial charge in [-0.2, -0.15) is 0 Å². The molecule has 0 saturated heterocycles. The van der Waals surface area contributed by atoms with E-state index in [1.807, 2.05) is 13.8 Å². The van der Waals surface area contributed by atoms with E-state index in [1.165, 1.54) is 17.7 Å². The topological polar surface area (TPSA) is 26.3 Å². The van der Waals surface area contributed by atoms with E-state index in [2.05, 4.69) is 19.9 Å². The highest BCUT2D eigenvalue weighted by molar-refractivity contribution is 5.78. The van der Waals surface area contributed by atoms with Gasteiger partial charge in [0.15, 0.2) is 0 Å². The third kappa shape index (κ3) is 3.09. The molecule has 108 valence electrons. The summed E-state index contributed by atoms with van der Waals surface area (Å²) in [7, 11) is 0. The second kappa shape index (κ2) is 5.39. The van der Waals surface area contributed by atoms with Crippen LogP contribution in [-0.4, -0.2) is 5.97 Å². The molecule has 0 heterocycles. The monoisotopic (exact) mass is 276 g/mol. The van der Waals surface area contributed by atoms with Gasteiger partial charge < -0.3 is 4.74 Å². The molecule has 0 aromatic heterocycles. The molecule has 0 spiro atoms. The van der Waals surface area contributed by atoms with Crippen LogP contribution in [0.2, 0.25) is 0 Å². The average Bonchev–Trinajstić information content (AvgIpc) is 2.87. The number of allylic oxidation sites excluding steroid dienone is 2. The summed E-state index contributed by atoms with van der Waals surface area (Å²) in [5.41, 5.74) is 1.84. The number of esters is 1. The zero-order valence-electron chi connectivity index (χ0n) is 12.4. The van der Waals surface area contributed by atoms with Crippen molar-refractivity contribution in [2.75, 3.05) is 0 Å². The van der Waals surface area contributed by atoms with Crippen LogP contribution in [0.4, 0.5) is 4.39 Å². The number of rotatable bonds is 4. The van der Waals surface area contributed by atoms with Crippen molar-refractivity contribution in [3.63, 3.8) is 0 Å². The fourth-order valence-electron chi connectivity index (χ4n) is 2.67. The Hall–Kier alpha value is -1.64.